The molecule has 0 saturated carbocycles. The third-order valence-electron chi connectivity index (χ3n) is 3.29. The van der Waals surface area contributed by atoms with Crippen LogP contribution in [0.4, 0.5) is 0 Å². The van der Waals surface area contributed by atoms with Crippen LogP contribution in [0.2, 0.25) is 0 Å². The molecule has 0 fully saturated rings. The van der Waals surface area contributed by atoms with Crippen LogP contribution in [0.25, 0.3) is 10.8 Å². The third-order valence-corrected chi connectivity index (χ3v) is 3.29. The minimum Gasteiger partial charge on any atom is -0.497 e. The van der Waals surface area contributed by atoms with Gasteiger partial charge < -0.3 is 15.4 Å². The molecule has 118 valence electrons. The second kappa shape index (κ2) is 6.69. The molecule has 2 aromatic rings. The Labute approximate surface area is 132 Å². The average molecular weight is 299 g/mol. The van der Waals surface area contributed by atoms with Crippen LogP contribution in [0.15, 0.2) is 41.4 Å². The zero-order valence-corrected chi connectivity index (χ0v) is 14.0. The standard InChI is InChI=1S/C18H25N3O/c1-18(2,3)21-17(19-4)20-12-13-6-7-15-11-16(22-5)9-8-14(15)10-13/h6-11H,12H2,1-5H3,(H2,19,20,21). The van der Waals surface area contributed by atoms with Crippen molar-refractivity contribution in [2.24, 2.45) is 4.99 Å². The lowest BCUT2D eigenvalue weighted by Gasteiger charge is -2.23. The van der Waals surface area contributed by atoms with E-state index in [1.807, 2.05) is 12.1 Å². The van der Waals surface area contributed by atoms with Crippen molar-refractivity contribution >= 4 is 16.7 Å². The predicted molar refractivity (Wildman–Crippen MR) is 93.6 cm³/mol. The average Bonchev–Trinajstić information content (AvgIpc) is 2.49. The van der Waals surface area contributed by atoms with E-state index in [1.54, 1.807) is 14.2 Å². The number of ether oxygens (including phenoxy) is 1. The smallest absolute Gasteiger partial charge is 0.191 e. The molecule has 0 atom stereocenters. The van der Waals surface area contributed by atoms with Gasteiger partial charge in [-0.05, 0) is 55.3 Å². The number of methoxy groups -OCH3 is 1. The molecule has 2 aromatic carbocycles. The van der Waals surface area contributed by atoms with E-state index in [4.69, 9.17) is 4.74 Å². The highest BCUT2D eigenvalue weighted by Crippen LogP contribution is 2.21. The van der Waals surface area contributed by atoms with Gasteiger partial charge in [0.15, 0.2) is 5.96 Å². The van der Waals surface area contributed by atoms with Crippen molar-refractivity contribution in [2.75, 3.05) is 14.2 Å². The highest BCUT2D eigenvalue weighted by molar-refractivity contribution is 5.85. The number of guanidine groups is 1. The molecule has 0 saturated heterocycles. The van der Waals surface area contributed by atoms with E-state index in [1.165, 1.54) is 16.3 Å². The molecule has 2 rings (SSSR count). The van der Waals surface area contributed by atoms with Crippen LogP contribution in [0.3, 0.4) is 0 Å². The fourth-order valence-corrected chi connectivity index (χ4v) is 2.23. The van der Waals surface area contributed by atoms with Crippen molar-refractivity contribution in [3.05, 3.63) is 42.0 Å². The number of rotatable bonds is 3. The number of nitrogens with one attached hydrogen (secondary N) is 2. The lowest BCUT2D eigenvalue weighted by atomic mass is 10.1. The Kier molecular flexibility index (Phi) is 4.91. The van der Waals surface area contributed by atoms with Crippen LogP contribution in [0, 0.1) is 0 Å². The van der Waals surface area contributed by atoms with Crippen molar-refractivity contribution in [1.82, 2.24) is 10.6 Å². The summed E-state index contributed by atoms with van der Waals surface area (Å²) in [6.07, 6.45) is 0. The van der Waals surface area contributed by atoms with E-state index in [0.717, 1.165) is 18.3 Å². The largest absolute Gasteiger partial charge is 0.497 e. The molecule has 0 aliphatic carbocycles. The maximum Gasteiger partial charge on any atom is 0.191 e. The van der Waals surface area contributed by atoms with Gasteiger partial charge in [-0.1, -0.05) is 18.2 Å². The second-order valence-electron chi connectivity index (χ2n) is 6.35. The fraction of sp³-hybridized carbons (Fsp3) is 0.389. The minimum absolute atomic E-state index is 0.0121. The molecule has 22 heavy (non-hydrogen) atoms. The van der Waals surface area contributed by atoms with E-state index in [9.17, 15) is 0 Å². The van der Waals surface area contributed by atoms with Crippen LogP contribution < -0.4 is 15.4 Å². The zero-order chi connectivity index (χ0) is 16.2. The molecule has 0 aliphatic rings. The van der Waals surface area contributed by atoms with Crippen molar-refractivity contribution in [3.8, 4) is 5.75 Å². The summed E-state index contributed by atoms with van der Waals surface area (Å²) in [5, 5.41) is 9.08. The monoisotopic (exact) mass is 299 g/mol. The first-order valence-electron chi connectivity index (χ1n) is 7.47. The van der Waals surface area contributed by atoms with Crippen molar-refractivity contribution in [1.29, 1.82) is 0 Å². The van der Waals surface area contributed by atoms with Gasteiger partial charge in [0.2, 0.25) is 0 Å². The highest BCUT2D eigenvalue weighted by Gasteiger charge is 2.11. The molecule has 4 nitrogen and oxygen atoms in total. The zero-order valence-electron chi connectivity index (χ0n) is 14.0. The topological polar surface area (TPSA) is 45.7 Å². The number of hydrogen-bond donors (Lipinski definition) is 2. The highest BCUT2D eigenvalue weighted by atomic mass is 16.5. The third kappa shape index (κ3) is 4.38. The minimum atomic E-state index is -0.0121. The Morgan fingerprint density at radius 2 is 1.77 bits per heavy atom. The summed E-state index contributed by atoms with van der Waals surface area (Å²) in [6, 6.07) is 12.5. The molecule has 2 N–H and O–H groups in total. The first-order chi connectivity index (χ1) is 10.4. The van der Waals surface area contributed by atoms with Gasteiger partial charge in [-0.3, -0.25) is 4.99 Å². The Balaban J connectivity index is 2.08. The van der Waals surface area contributed by atoms with E-state index < -0.39 is 0 Å². The van der Waals surface area contributed by atoms with Crippen LogP contribution in [0.1, 0.15) is 26.3 Å². The van der Waals surface area contributed by atoms with Crippen molar-refractivity contribution in [2.45, 2.75) is 32.9 Å². The van der Waals surface area contributed by atoms with Gasteiger partial charge in [-0.25, -0.2) is 0 Å². The summed E-state index contributed by atoms with van der Waals surface area (Å²) in [5.74, 6) is 1.69. The molecule has 0 aromatic heterocycles. The second-order valence-corrected chi connectivity index (χ2v) is 6.35. The number of hydrogen-bond acceptors (Lipinski definition) is 2. The fourth-order valence-electron chi connectivity index (χ4n) is 2.23. The first kappa shape index (κ1) is 16.1. The maximum atomic E-state index is 5.26. The van der Waals surface area contributed by atoms with Crippen molar-refractivity contribution < 1.29 is 4.74 Å². The molecular weight excluding hydrogens is 274 g/mol. The van der Waals surface area contributed by atoms with Gasteiger partial charge in [-0.2, -0.15) is 0 Å². The first-order valence-corrected chi connectivity index (χ1v) is 7.47. The van der Waals surface area contributed by atoms with Gasteiger partial charge in [0.05, 0.1) is 7.11 Å². The lowest BCUT2D eigenvalue weighted by Crippen LogP contribution is -2.47. The number of fused-ring (bicyclic) bond motifs is 1. The maximum absolute atomic E-state index is 5.26. The number of nitrogens with zero attached hydrogens (tertiary/aromatic N) is 1. The van der Waals surface area contributed by atoms with E-state index >= 15 is 0 Å². The van der Waals surface area contributed by atoms with E-state index in [2.05, 4.69) is 60.7 Å². The molecule has 0 spiro atoms. The SMILES string of the molecule is CN=C(NCc1ccc2cc(OC)ccc2c1)NC(C)(C)C. The Bertz CT molecular complexity index is 672. The molecule has 0 aliphatic heterocycles. The summed E-state index contributed by atoms with van der Waals surface area (Å²) < 4.78 is 5.26. The summed E-state index contributed by atoms with van der Waals surface area (Å²) in [5.41, 5.74) is 1.21. The van der Waals surface area contributed by atoms with E-state index in [0.29, 0.717) is 0 Å². The van der Waals surface area contributed by atoms with Crippen LogP contribution >= 0.6 is 0 Å². The quantitative estimate of drug-likeness (QED) is 0.675. The van der Waals surface area contributed by atoms with Gasteiger partial charge in [-0.15, -0.1) is 0 Å². The Hall–Kier alpha value is -2.23. The van der Waals surface area contributed by atoms with Crippen LogP contribution in [-0.4, -0.2) is 25.7 Å². The van der Waals surface area contributed by atoms with Crippen LogP contribution in [-0.2, 0) is 6.54 Å². The van der Waals surface area contributed by atoms with Gasteiger partial charge in [0.1, 0.15) is 5.75 Å². The summed E-state index contributed by atoms with van der Waals surface area (Å²) in [6.45, 7) is 7.08. The van der Waals surface area contributed by atoms with Gasteiger partial charge in [0, 0.05) is 19.1 Å². The van der Waals surface area contributed by atoms with Crippen LogP contribution in [0.5, 0.6) is 5.75 Å². The molecular formula is C18H25N3O. The normalized spacial score (nSPS) is 12.3. The molecule has 0 unspecified atom stereocenters. The molecule has 0 heterocycles. The predicted octanol–water partition coefficient (Wildman–Crippen LogP) is 3.31. The van der Waals surface area contributed by atoms with Gasteiger partial charge >= 0.3 is 0 Å². The van der Waals surface area contributed by atoms with E-state index in [-0.39, 0.29) is 5.54 Å². The number of benzene rings is 2. The summed E-state index contributed by atoms with van der Waals surface area (Å²) >= 11 is 0. The lowest BCUT2D eigenvalue weighted by molar-refractivity contribution is 0.415. The Morgan fingerprint density at radius 3 is 2.41 bits per heavy atom. The number of aliphatic imine (C=N–C) groups is 1. The molecule has 0 amide bonds. The van der Waals surface area contributed by atoms with Gasteiger partial charge in [0.25, 0.3) is 0 Å². The molecule has 0 bridgehead atoms. The molecule has 4 heteroatoms. The molecule has 0 radical (unpaired) electrons. The van der Waals surface area contributed by atoms with Crippen molar-refractivity contribution in [3.63, 3.8) is 0 Å². The summed E-state index contributed by atoms with van der Waals surface area (Å²) in [7, 11) is 3.47. The summed E-state index contributed by atoms with van der Waals surface area (Å²) in [4.78, 5) is 4.25. The Morgan fingerprint density at radius 1 is 1.09 bits per heavy atom.